The first-order chi connectivity index (χ1) is 10.6. The van der Waals surface area contributed by atoms with Crippen LogP contribution in [0, 0.1) is 6.92 Å². The Morgan fingerprint density at radius 1 is 1.14 bits per heavy atom. The van der Waals surface area contributed by atoms with Gasteiger partial charge >= 0.3 is 5.63 Å². The van der Waals surface area contributed by atoms with Crippen LogP contribution >= 0.6 is 15.9 Å². The molecule has 2 aromatic rings. The summed E-state index contributed by atoms with van der Waals surface area (Å²) in [5.41, 5.74) is 2.43. The van der Waals surface area contributed by atoms with Crippen LogP contribution in [-0.4, -0.2) is 13.1 Å². The van der Waals surface area contributed by atoms with E-state index in [4.69, 9.17) is 4.42 Å². The normalized spacial score (nSPS) is 11.1. The van der Waals surface area contributed by atoms with Gasteiger partial charge in [0.1, 0.15) is 10.1 Å². The molecule has 0 N–H and O–H groups in total. The van der Waals surface area contributed by atoms with Gasteiger partial charge in [0.2, 0.25) is 0 Å². The van der Waals surface area contributed by atoms with Crippen LogP contribution < -0.4 is 10.5 Å². The molecule has 0 spiro atoms. The first-order valence-corrected chi connectivity index (χ1v) is 8.85. The number of hydrogen-bond acceptors (Lipinski definition) is 3. The SMILES string of the molecule is CCCCN(CCCC)c1ccc2c(C)c(Br)c(=O)oc2c1. The number of aryl methyl sites for hydroxylation is 1. The predicted octanol–water partition coefficient (Wildman–Crippen LogP) is 5.27. The van der Waals surface area contributed by atoms with Crippen LogP contribution in [0.5, 0.6) is 0 Å². The Morgan fingerprint density at radius 3 is 2.36 bits per heavy atom. The summed E-state index contributed by atoms with van der Waals surface area (Å²) in [5, 5.41) is 0.987. The molecule has 0 fully saturated rings. The first kappa shape index (κ1) is 17.1. The Labute approximate surface area is 140 Å². The highest BCUT2D eigenvalue weighted by atomic mass is 79.9. The molecule has 120 valence electrons. The zero-order valence-corrected chi connectivity index (χ0v) is 15.2. The molecule has 3 nitrogen and oxygen atoms in total. The standard InChI is InChI=1S/C18H24BrNO2/c1-4-6-10-20(11-7-5-2)14-8-9-15-13(3)17(19)18(21)22-16(15)12-14/h8-9,12H,4-7,10-11H2,1-3H3. The van der Waals surface area contributed by atoms with Crippen LogP contribution in [0.4, 0.5) is 5.69 Å². The van der Waals surface area contributed by atoms with Gasteiger partial charge in [-0.25, -0.2) is 4.79 Å². The van der Waals surface area contributed by atoms with E-state index in [0.717, 1.165) is 29.7 Å². The summed E-state index contributed by atoms with van der Waals surface area (Å²) in [6.45, 7) is 8.44. The monoisotopic (exact) mass is 365 g/mol. The summed E-state index contributed by atoms with van der Waals surface area (Å²) < 4.78 is 5.96. The number of anilines is 1. The zero-order valence-electron chi connectivity index (χ0n) is 13.6. The second-order valence-corrected chi connectivity index (χ2v) is 6.50. The molecule has 0 saturated carbocycles. The number of rotatable bonds is 7. The number of hydrogen-bond donors (Lipinski definition) is 0. The fourth-order valence-electron chi connectivity index (χ4n) is 2.59. The third-order valence-corrected chi connectivity index (χ3v) is 4.93. The Kier molecular flexibility index (Phi) is 6.07. The van der Waals surface area contributed by atoms with E-state index in [1.807, 2.05) is 13.0 Å². The van der Waals surface area contributed by atoms with Gasteiger partial charge in [0.05, 0.1) is 0 Å². The average molecular weight is 366 g/mol. The Hall–Kier alpha value is -1.29. The summed E-state index contributed by atoms with van der Waals surface area (Å²) in [6.07, 6.45) is 4.70. The maximum Gasteiger partial charge on any atom is 0.350 e. The van der Waals surface area contributed by atoms with Crippen molar-refractivity contribution in [1.29, 1.82) is 0 Å². The van der Waals surface area contributed by atoms with E-state index in [-0.39, 0.29) is 5.63 Å². The van der Waals surface area contributed by atoms with Gasteiger partial charge in [-0.2, -0.15) is 0 Å². The molecule has 1 aromatic carbocycles. The minimum Gasteiger partial charge on any atom is -0.422 e. The fourth-order valence-corrected chi connectivity index (χ4v) is 2.88. The molecule has 22 heavy (non-hydrogen) atoms. The highest BCUT2D eigenvalue weighted by Crippen LogP contribution is 2.27. The van der Waals surface area contributed by atoms with E-state index >= 15 is 0 Å². The minimum absolute atomic E-state index is 0.309. The third-order valence-electron chi connectivity index (χ3n) is 4.01. The number of halogens is 1. The van der Waals surface area contributed by atoms with Crippen molar-refractivity contribution in [2.45, 2.75) is 46.5 Å². The largest absolute Gasteiger partial charge is 0.422 e. The molecule has 0 aliphatic heterocycles. The van der Waals surface area contributed by atoms with Crippen molar-refractivity contribution < 1.29 is 4.42 Å². The summed E-state index contributed by atoms with van der Waals surface area (Å²) in [7, 11) is 0. The lowest BCUT2D eigenvalue weighted by molar-refractivity contribution is 0.555. The van der Waals surface area contributed by atoms with E-state index in [0.29, 0.717) is 10.1 Å². The molecule has 4 heteroatoms. The molecular weight excluding hydrogens is 342 g/mol. The summed E-state index contributed by atoms with van der Waals surface area (Å²) in [5.74, 6) is 0. The fraction of sp³-hybridized carbons (Fsp3) is 0.500. The van der Waals surface area contributed by atoms with E-state index in [1.54, 1.807) is 0 Å². The molecule has 1 aromatic heterocycles. The maximum absolute atomic E-state index is 11.9. The molecule has 0 unspecified atom stereocenters. The smallest absolute Gasteiger partial charge is 0.350 e. The van der Waals surface area contributed by atoms with Crippen molar-refractivity contribution in [2.24, 2.45) is 0 Å². The molecule has 0 aliphatic carbocycles. The zero-order chi connectivity index (χ0) is 16.1. The van der Waals surface area contributed by atoms with Crippen LogP contribution in [-0.2, 0) is 0 Å². The van der Waals surface area contributed by atoms with Crippen molar-refractivity contribution in [2.75, 3.05) is 18.0 Å². The van der Waals surface area contributed by atoms with Gasteiger partial charge in [-0.15, -0.1) is 0 Å². The molecule has 0 aliphatic rings. The highest BCUT2D eigenvalue weighted by Gasteiger charge is 2.12. The number of benzene rings is 1. The van der Waals surface area contributed by atoms with Crippen LogP contribution in [0.1, 0.15) is 45.1 Å². The van der Waals surface area contributed by atoms with Crippen LogP contribution in [0.15, 0.2) is 31.9 Å². The number of nitrogens with zero attached hydrogens (tertiary/aromatic N) is 1. The van der Waals surface area contributed by atoms with E-state index in [2.05, 4.69) is 46.8 Å². The topological polar surface area (TPSA) is 33.5 Å². The van der Waals surface area contributed by atoms with Crippen molar-refractivity contribution >= 4 is 32.6 Å². The van der Waals surface area contributed by atoms with Crippen molar-refractivity contribution in [1.82, 2.24) is 0 Å². The van der Waals surface area contributed by atoms with Gasteiger partial charge in [0.25, 0.3) is 0 Å². The van der Waals surface area contributed by atoms with Gasteiger partial charge in [-0.1, -0.05) is 26.7 Å². The summed E-state index contributed by atoms with van der Waals surface area (Å²) in [4.78, 5) is 14.2. The van der Waals surface area contributed by atoms with E-state index < -0.39 is 0 Å². The van der Waals surface area contributed by atoms with E-state index in [1.165, 1.54) is 25.7 Å². The molecule has 0 bridgehead atoms. The van der Waals surface area contributed by atoms with Crippen molar-refractivity contribution in [3.8, 4) is 0 Å². The first-order valence-electron chi connectivity index (χ1n) is 8.06. The molecule has 0 amide bonds. The molecule has 0 radical (unpaired) electrons. The molecule has 2 rings (SSSR count). The molecular formula is C18H24BrNO2. The minimum atomic E-state index is -0.309. The Balaban J connectivity index is 2.41. The Bertz CT molecular complexity index is 685. The maximum atomic E-state index is 11.9. The average Bonchev–Trinajstić information content (AvgIpc) is 2.52. The number of fused-ring (bicyclic) bond motifs is 1. The second-order valence-electron chi connectivity index (χ2n) is 5.70. The molecule has 0 atom stereocenters. The van der Waals surface area contributed by atoms with Crippen LogP contribution in [0.2, 0.25) is 0 Å². The Morgan fingerprint density at radius 2 is 1.77 bits per heavy atom. The number of unbranched alkanes of at least 4 members (excludes halogenated alkanes) is 2. The van der Waals surface area contributed by atoms with Gasteiger partial charge in [0, 0.05) is 30.2 Å². The lowest BCUT2D eigenvalue weighted by Crippen LogP contribution is -2.25. The quantitative estimate of drug-likeness (QED) is 0.626. The van der Waals surface area contributed by atoms with Crippen molar-refractivity contribution in [3.05, 3.63) is 38.7 Å². The highest BCUT2D eigenvalue weighted by molar-refractivity contribution is 9.10. The third kappa shape index (κ3) is 3.72. The predicted molar refractivity (Wildman–Crippen MR) is 97.0 cm³/mol. The lowest BCUT2D eigenvalue weighted by atomic mass is 10.1. The van der Waals surface area contributed by atoms with Gasteiger partial charge in [-0.3, -0.25) is 0 Å². The van der Waals surface area contributed by atoms with Gasteiger partial charge in [-0.05, 0) is 53.4 Å². The summed E-state index contributed by atoms with van der Waals surface area (Å²) in [6, 6.07) is 6.19. The van der Waals surface area contributed by atoms with Crippen molar-refractivity contribution in [3.63, 3.8) is 0 Å². The van der Waals surface area contributed by atoms with Crippen LogP contribution in [0.25, 0.3) is 11.0 Å². The van der Waals surface area contributed by atoms with Gasteiger partial charge in [0.15, 0.2) is 0 Å². The van der Waals surface area contributed by atoms with Gasteiger partial charge < -0.3 is 9.32 Å². The second kappa shape index (κ2) is 7.82. The molecule has 1 heterocycles. The van der Waals surface area contributed by atoms with Crippen LogP contribution in [0.3, 0.4) is 0 Å². The molecule has 0 saturated heterocycles. The van der Waals surface area contributed by atoms with E-state index in [9.17, 15) is 4.79 Å². The lowest BCUT2D eigenvalue weighted by Gasteiger charge is -2.25. The summed E-state index contributed by atoms with van der Waals surface area (Å²) >= 11 is 3.30.